The average Bonchev–Trinajstić information content (AvgIpc) is 2.49. The highest BCUT2D eigenvalue weighted by Crippen LogP contribution is 2.30. The van der Waals surface area contributed by atoms with E-state index in [-0.39, 0.29) is 5.75 Å². The van der Waals surface area contributed by atoms with Crippen LogP contribution in [0, 0.1) is 0 Å². The van der Waals surface area contributed by atoms with Crippen LogP contribution in [0.5, 0.6) is 0 Å². The van der Waals surface area contributed by atoms with Gasteiger partial charge in [0.05, 0.1) is 0 Å². The van der Waals surface area contributed by atoms with Gasteiger partial charge >= 0.3 is 0 Å². The van der Waals surface area contributed by atoms with Crippen LogP contribution in [0.1, 0.15) is 12.5 Å². The zero-order chi connectivity index (χ0) is 15.5. The van der Waals surface area contributed by atoms with E-state index >= 15 is 0 Å². The molecular weight excluding hydrogens is 328 g/mol. The van der Waals surface area contributed by atoms with E-state index < -0.39 is 15.2 Å². The summed E-state index contributed by atoms with van der Waals surface area (Å²) in [6, 6.07) is 5.81. The number of benzene rings is 1. The number of nitrogens with zero attached hydrogens (tertiary/aromatic N) is 1. The Balaban J connectivity index is 2.32. The second-order valence-electron chi connectivity index (χ2n) is 4.98. The van der Waals surface area contributed by atoms with E-state index in [0.29, 0.717) is 17.3 Å². The minimum Gasteiger partial charge on any atom is -0.353 e. The summed E-state index contributed by atoms with van der Waals surface area (Å²) in [4.78, 5) is 1.98. The lowest BCUT2D eigenvalue weighted by Gasteiger charge is -2.36. The molecule has 0 amide bonds. The molecule has 1 aromatic rings. The first-order chi connectivity index (χ1) is 9.99. The molecular formula is C14H21ClN2O2S2. The first-order valence-corrected chi connectivity index (χ1v) is 10.2. The number of thioether (sulfide) groups is 1. The maximum Gasteiger partial charge on any atom is 0.171 e. The Morgan fingerprint density at radius 3 is 2.86 bits per heavy atom. The quantitative estimate of drug-likeness (QED) is 0.885. The van der Waals surface area contributed by atoms with Crippen LogP contribution in [0.25, 0.3) is 0 Å². The van der Waals surface area contributed by atoms with E-state index in [2.05, 4.69) is 5.32 Å². The minimum absolute atomic E-state index is 0.167. The molecule has 2 rings (SSSR count). The van der Waals surface area contributed by atoms with E-state index in [9.17, 15) is 8.42 Å². The zero-order valence-electron chi connectivity index (χ0n) is 12.3. The van der Waals surface area contributed by atoms with Gasteiger partial charge in [-0.1, -0.05) is 24.6 Å². The van der Waals surface area contributed by atoms with Gasteiger partial charge in [0.25, 0.3) is 0 Å². The Morgan fingerprint density at radius 1 is 1.48 bits per heavy atom. The molecule has 1 N–H and O–H groups in total. The van der Waals surface area contributed by atoms with Crippen molar-refractivity contribution in [1.29, 1.82) is 0 Å². The summed E-state index contributed by atoms with van der Waals surface area (Å²) < 4.78 is 24.6. The van der Waals surface area contributed by atoms with Crippen molar-refractivity contribution < 1.29 is 8.42 Å². The minimum atomic E-state index is -3.10. The Morgan fingerprint density at radius 2 is 2.24 bits per heavy atom. The molecule has 0 saturated carbocycles. The predicted octanol–water partition coefficient (Wildman–Crippen LogP) is 2.37. The molecule has 0 radical (unpaired) electrons. The molecule has 1 aliphatic heterocycles. The molecule has 1 heterocycles. The van der Waals surface area contributed by atoms with Crippen molar-refractivity contribution in [2.45, 2.75) is 18.8 Å². The van der Waals surface area contributed by atoms with Crippen molar-refractivity contribution >= 4 is 38.9 Å². The van der Waals surface area contributed by atoms with Crippen molar-refractivity contribution in [3.8, 4) is 0 Å². The van der Waals surface area contributed by atoms with Gasteiger partial charge in [0.1, 0.15) is 5.37 Å². The molecule has 1 aromatic carbocycles. The smallest absolute Gasteiger partial charge is 0.171 e. The Kier molecular flexibility index (Phi) is 5.82. The largest absolute Gasteiger partial charge is 0.353 e. The van der Waals surface area contributed by atoms with Crippen molar-refractivity contribution in [3.05, 3.63) is 28.8 Å². The number of sulfone groups is 1. The molecule has 1 aliphatic rings. The van der Waals surface area contributed by atoms with Crippen LogP contribution in [0.3, 0.4) is 0 Å². The van der Waals surface area contributed by atoms with Crippen LogP contribution in [0.15, 0.2) is 18.2 Å². The molecule has 0 aromatic heterocycles. The van der Waals surface area contributed by atoms with E-state index in [1.807, 2.05) is 30.1 Å². The summed E-state index contributed by atoms with van der Waals surface area (Å²) in [6.07, 6.45) is 0. The Labute approximate surface area is 136 Å². The molecule has 1 unspecified atom stereocenters. The fourth-order valence-electron chi connectivity index (χ4n) is 2.41. The highest BCUT2D eigenvalue weighted by Gasteiger charge is 2.33. The number of halogens is 1. The van der Waals surface area contributed by atoms with Crippen molar-refractivity contribution in [2.24, 2.45) is 0 Å². The molecule has 0 spiro atoms. The van der Waals surface area contributed by atoms with Crippen LogP contribution in [-0.4, -0.2) is 44.6 Å². The number of anilines is 1. The summed E-state index contributed by atoms with van der Waals surface area (Å²) in [7, 11) is -1.23. The van der Waals surface area contributed by atoms with Gasteiger partial charge in [0, 0.05) is 41.1 Å². The van der Waals surface area contributed by atoms with E-state index in [1.54, 1.807) is 18.7 Å². The van der Waals surface area contributed by atoms with Crippen LogP contribution >= 0.6 is 23.4 Å². The highest BCUT2D eigenvalue weighted by atomic mass is 35.5. The van der Waals surface area contributed by atoms with Gasteiger partial charge in [-0.25, -0.2) is 8.42 Å². The summed E-state index contributed by atoms with van der Waals surface area (Å²) >= 11 is 8.00. The third-order valence-corrected chi connectivity index (χ3v) is 7.28. The molecule has 1 atom stereocenters. The van der Waals surface area contributed by atoms with Crippen LogP contribution in [0.2, 0.25) is 5.02 Å². The van der Waals surface area contributed by atoms with Crippen molar-refractivity contribution in [1.82, 2.24) is 5.32 Å². The second kappa shape index (κ2) is 7.22. The fraction of sp³-hybridized carbons (Fsp3) is 0.571. The van der Waals surface area contributed by atoms with E-state index in [1.165, 1.54) is 0 Å². The molecule has 7 heteroatoms. The van der Waals surface area contributed by atoms with Crippen LogP contribution in [-0.2, 0) is 16.4 Å². The molecule has 21 heavy (non-hydrogen) atoms. The highest BCUT2D eigenvalue weighted by molar-refractivity contribution is 8.01. The first-order valence-electron chi connectivity index (χ1n) is 6.98. The van der Waals surface area contributed by atoms with E-state index in [4.69, 9.17) is 11.6 Å². The number of nitrogens with one attached hydrogen (secondary N) is 1. The Bertz CT molecular complexity index is 593. The normalized spacial score (nSPS) is 19.8. The number of rotatable bonds is 5. The van der Waals surface area contributed by atoms with E-state index in [0.717, 1.165) is 23.5 Å². The summed E-state index contributed by atoms with van der Waals surface area (Å²) in [5.41, 5.74) is 1.91. The molecule has 0 bridgehead atoms. The maximum atomic E-state index is 12.3. The van der Waals surface area contributed by atoms with Crippen LogP contribution in [0.4, 0.5) is 5.69 Å². The third-order valence-electron chi connectivity index (χ3n) is 3.64. The van der Waals surface area contributed by atoms with Gasteiger partial charge in [0.2, 0.25) is 0 Å². The Hall–Kier alpha value is -0.430. The van der Waals surface area contributed by atoms with Crippen LogP contribution < -0.4 is 10.2 Å². The average molecular weight is 349 g/mol. The summed E-state index contributed by atoms with van der Waals surface area (Å²) in [5, 5.41) is 3.29. The summed E-state index contributed by atoms with van der Waals surface area (Å²) in [5.74, 6) is 1.72. The number of hydrogen-bond acceptors (Lipinski definition) is 5. The van der Waals surface area contributed by atoms with Gasteiger partial charge in [-0.2, -0.15) is 11.8 Å². The SMILES string of the molecule is CCS(=O)(=O)C1CSCCN1c1ccc(CNC)c(Cl)c1. The molecule has 1 fully saturated rings. The molecule has 1 saturated heterocycles. The molecule has 0 aliphatic carbocycles. The van der Waals surface area contributed by atoms with Gasteiger partial charge in [-0.05, 0) is 24.7 Å². The fourth-order valence-corrected chi connectivity index (χ4v) is 5.65. The second-order valence-corrected chi connectivity index (χ2v) is 8.98. The lowest BCUT2D eigenvalue weighted by Crippen LogP contribution is -2.48. The van der Waals surface area contributed by atoms with Crippen molar-refractivity contribution in [3.63, 3.8) is 0 Å². The maximum absolute atomic E-state index is 12.3. The summed E-state index contributed by atoms with van der Waals surface area (Å²) in [6.45, 7) is 3.14. The molecule has 4 nitrogen and oxygen atoms in total. The third kappa shape index (κ3) is 3.86. The van der Waals surface area contributed by atoms with Gasteiger partial charge < -0.3 is 10.2 Å². The number of hydrogen-bond donors (Lipinski definition) is 1. The zero-order valence-corrected chi connectivity index (χ0v) is 14.7. The van der Waals surface area contributed by atoms with Gasteiger partial charge in [-0.15, -0.1) is 0 Å². The lowest BCUT2D eigenvalue weighted by molar-refractivity contribution is 0.579. The first kappa shape index (κ1) is 16.9. The lowest BCUT2D eigenvalue weighted by atomic mass is 10.2. The topological polar surface area (TPSA) is 49.4 Å². The van der Waals surface area contributed by atoms with Gasteiger partial charge in [0.15, 0.2) is 9.84 Å². The molecule has 118 valence electrons. The monoisotopic (exact) mass is 348 g/mol. The van der Waals surface area contributed by atoms with Gasteiger partial charge in [-0.3, -0.25) is 0 Å². The van der Waals surface area contributed by atoms with Crippen molar-refractivity contribution in [2.75, 3.05) is 35.8 Å². The predicted molar refractivity (Wildman–Crippen MR) is 92.1 cm³/mol. The standard InChI is InChI=1S/C14H21ClN2O2S2/c1-3-21(18,19)14-10-20-7-6-17(14)12-5-4-11(9-16-2)13(15)8-12/h4-5,8,14,16H,3,6-7,9-10H2,1-2H3.